The molecule has 1 N–H and O–H groups in total. The van der Waals surface area contributed by atoms with Crippen molar-refractivity contribution in [3.63, 3.8) is 0 Å². The van der Waals surface area contributed by atoms with E-state index in [4.69, 9.17) is 9.47 Å². The van der Waals surface area contributed by atoms with Crippen molar-refractivity contribution in [3.8, 4) is 5.75 Å². The molecule has 1 saturated heterocycles. The number of hydrogen-bond acceptors (Lipinski definition) is 4. The Labute approximate surface area is 154 Å². The molecule has 7 heteroatoms. The molecule has 0 saturated carbocycles. The van der Waals surface area contributed by atoms with E-state index < -0.39 is 11.6 Å². The van der Waals surface area contributed by atoms with Crippen LogP contribution in [0.2, 0.25) is 0 Å². The van der Waals surface area contributed by atoms with E-state index in [9.17, 15) is 13.6 Å². The third-order valence-electron chi connectivity index (χ3n) is 3.84. The van der Waals surface area contributed by atoms with E-state index >= 15 is 0 Å². The van der Waals surface area contributed by atoms with Gasteiger partial charge in [-0.15, -0.1) is 11.8 Å². The van der Waals surface area contributed by atoms with Gasteiger partial charge in [-0.3, -0.25) is 4.79 Å². The van der Waals surface area contributed by atoms with Crippen molar-refractivity contribution in [2.45, 2.75) is 23.8 Å². The lowest BCUT2D eigenvalue weighted by atomic mass is 10.2. The van der Waals surface area contributed by atoms with Crippen LogP contribution in [0.4, 0.5) is 14.5 Å². The van der Waals surface area contributed by atoms with Crippen molar-refractivity contribution in [2.24, 2.45) is 0 Å². The van der Waals surface area contributed by atoms with Crippen molar-refractivity contribution in [2.75, 3.05) is 24.3 Å². The quantitative estimate of drug-likeness (QED) is 0.731. The summed E-state index contributed by atoms with van der Waals surface area (Å²) in [5, 5.41) is 2.77. The van der Waals surface area contributed by atoms with Gasteiger partial charge in [-0.2, -0.15) is 0 Å². The van der Waals surface area contributed by atoms with Gasteiger partial charge < -0.3 is 14.8 Å². The third-order valence-corrected chi connectivity index (χ3v) is 4.83. The minimum Gasteiger partial charge on any atom is -0.491 e. The number of benzene rings is 2. The molecule has 0 spiro atoms. The number of halogens is 2. The van der Waals surface area contributed by atoms with Crippen LogP contribution in [0.1, 0.15) is 12.8 Å². The lowest BCUT2D eigenvalue weighted by molar-refractivity contribution is -0.113. The zero-order chi connectivity index (χ0) is 18.4. The van der Waals surface area contributed by atoms with E-state index in [1.54, 1.807) is 18.2 Å². The fraction of sp³-hybridized carbons (Fsp3) is 0.316. The Morgan fingerprint density at radius 2 is 2.12 bits per heavy atom. The lowest BCUT2D eigenvalue weighted by Gasteiger charge is -2.12. The van der Waals surface area contributed by atoms with Gasteiger partial charge in [0.1, 0.15) is 12.4 Å². The average Bonchev–Trinajstić information content (AvgIpc) is 3.15. The fourth-order valence-corrected chi connectivity index (χ4v) is 3.26. The van der Waals surface area contributed by atoms with Crippen LogP contribution in [0.15, 0.2) is 47.4 Å². The number of rotatable bonds is 7. The topological polar surface area (TPSA) is 47.6 Å². The van der Waals surface area contributed by atoms with Crippen LogP contribution in [0.25, 0.3) is 0 Å². The lowest BCUT2D eigenvalue weighted by Crippen LogP contribution is -2.17. The van der Waals surface area contributed by atoms with Gasteiger partial charge >= 0.3 is 0 Å². The number of ether oxygens (including phenoxy) is 2. The number of carbonyl (C=O) groups is 1. The largest absolute Gasteiger partial charge is 0.491 e. The molecule has 2 aromatic carbocycles. The number of amides is 1. The SMILES string of the molecule is O=C(CSc1ccc(F)c(F)c1)Nc1cccc(OCC2CCCO2)c1. The first-order valence-electron chi connectivity index (χ1n) is 8.32. The van der Waals surface area contributed by atoms with Gasteiger partial charge in [-0.25, -0.2) is 8.78 Å². The van der Waals surface area contributed by atoms with E-state index in [1.165, 1.54) is 6.07 Å². The van der Waals surface area contributed by atoms with Gasteiger partial charge in [-0.1, -0.05) is 6.07 Å². The van der Waals surface area contributed by atoms with E-state index in [-0.39, 0.29) is 17.8 Å². The first-order valence-corrected chi connectivity index (χ1v) is 9.31. The van der Waals surface area contributed by atoms with Crippen LogP contribution in [0.5, 0.6) is 5.75 Å². The Kier molecular flexibility index (Phi) is 6.46. The zero-order valence-corrected chi connectivity index (χ0v) is 14.9. The highest BCUT2D eigenvalue weighted by molar-refractivity contribution is 8.00. The normalized spacial score (nSPS) is 16.5. The van der Waals surface area contributed by atoms with Gasteiger partial charge in [0.2, 0.25) is 5.91 Å². The summed E-state index contributed by atoms with van der Waals surface area (Å²) < 4.78 is 37.3. The maximum atomic E-state index is 13.2. The monoisotopic (exact) mass is 379 g/mol. The molecule has 1 amide bonds. The summed E-state index contributed by atoms with van der Waals surface area (Å²) >= 11 is 1.14. The summed E-state index contributed by atoms with van der Waals surface area (Å²) in [6, 6.07) is 10.7. The number of thioether (sulfide) groups is 1. The fourth-order valence-electron chi connectivity index (χ4n) is 2.54. The van der Waals surface area contributed by atoms with Crippen molar-refractivity contribution in [1.82, 2.24) is 0 Å². The van der Waals surface area contributed by atoms with Crippen molar-refractivity contribution < 1.29 is 23.0 Å². The summed E-state index contributed by atoms with van der Waals surface area (Å²) in [7, 11) is 0. The van der Waals surface area contributed by atoms with Crippen LogP contribution >= 0.6 is 11.8 Å². The van der Waals surface area contributed by atoms with Gasteiger partial charge in [0.25, 0.3) is 0 Å². The van der Waals surface area contributed by atoms with Crippen molar-refractivity contribution in [3.05, 3.63) is 54.1 Å². The Balaban J connectivity index is 1.48. The highest BCUT2D eigenvalue weighted by Crippen LogP contribution is 2.22. The molecule has 2 aromatic rings. The first kappa shape index (κ1) is 18.7. The second-order valence-corrected chi connectivity index (χ2v) is 6.94. The Morgan fingerprint density at radius 3 is 2.88 bits per heavy atom. The molecule has 0 radical (unpaired) electrons. The Bertz CT molecular complexity index is 766. The molecule has 1 fully saturated rings. The number of anilines is 1. The highest BCUT2D eigenvalue weighted by Gasteiger charge is 2.16. The predicted octanol–water partition coefficient (Wildman–Crippen LogP) is 4.25. The summed E-state index contributed by atoms with van der Waals surface area (Å²) in [5.74, 6) is -1.32. The summed E-state index contributed by atoms with van der Waals surface area (Å²) in [6.07, 6.45) is 2.18. The molecule has 1 aliphatic rings. The van der Waals surface area contributed by atoms with E-state index in [2.05, 4.69) is 5.32 Å². The van der Waals surface area contributed by atoms with Crippen LogP contribution < -0.4 is 10.1 Å². The zero-order valence-electron chi connectivity index (χ0n) is 14.0. The highest BCUT2D eigenvalue weighted by atomic mass is 32.2. The second kappa shape index (κ2) is 9.00. The molecule has 0 bridgehead atoms. The standard InChI is InChI=1S/C19H19F2NO3S/c20-17-7-6-16(10-18(17)21)26-12-19(23)22-13-3-1-4-14(9-13)25-11-15-5-2-8-24-15/h1,3-4,6-7,9-10,15H,2,5,8,11-12H2,(H,22,23). The van der Waals surface area contributed by atoms with E-state index in [0.717, 1.165) is 43.3 Å². The molecule has 3 rings (SSSR count). The molecule has 0 aliphatic carbocycles. The Hall–Kier alpha value is -2.12. The minimum atomic E-state index is -0.925. The molecule has 1 unspecified atom stereocenters. The van der Waals surface area contributed by atoms with Crippen LogP contribution in [-0.2, 0) is 9.53 Å². The average molecular weight is 379 g/mol. The number of hydrogen-bond donors (Lipinski definition) is 1. The smallest absolute Gasteiger partial charge is 0.234 e. The van der Waals surface area contributed by atoms with Gasteiger partial charge in [0, 0.05) is 23.3 Å². The molecular formula is C19H19F2NO3S. The molecule has 138 valence electrons. The second-order valence-electron chi connectivity index (χ2n) is 5.89. The molecule has 26 heavy (non-hydrogen) atoms. The molecule has 1 atom stereocenters. The first-order chi connectivity index (χ1) is 12.6. The van der Waals surface area contributed by atoms with Gasteiger partial charge in [-0.05, 0) is 43.2 Å². The maximum absolute atomic E-state index is 13.2. The summed E-state index contributed by atoms with van der Waals surface area (Å²) in [6.45, 7) is 1.27. The molecule has 0 aromatic heterocycles. The van der Waals surface area contributed by atoms with Crippen LogP contribution in [0.3, 0.4) is 0 Å². The summed E-state index contributed by atoms with van der Waals surface area (Å²) in [5.41, 5.74) is 0.616. The number of nitrogens with one attached hydrogen (secondary N) is 1. The van der Waals surface area contributed by atoms with Crippen LogP contribution in [-0.4, -0.2) is 31.0 Å². The van der Waals surface area contributed by atoms with Gasteiger partial charge in [0.05, 0.1) is 11.9 Å². The Morgan fingerprint density at radius 1 is 1.23 bits per heavy atom. The number of carbonyl (C=O) groups excluding carboxylic acids is 1. The van der Waals surface area contributed by atoms with E-state index in [1.807, 2.05) is 6.07 Å². The third kappa shape index (κ3) is 5.44. The van der Waals surface area contributed by atoms with Crippen molar-refractivity contribution >= 4 is 23.4 Å². The molecule has 1 heterocycles. The maximum Gasteiger partial charge on any atom is 0.234 e. The van der Waals surface area contributed by atoms with Crippen LogP contribution in [0, 0.1) is 11.6 Å². The van der Waals surface area contributed by atoms with Crippen molar-refractivity contribution in [1.29, 1.82) is 0 Å². The van der Waals surface area contributed by atoms with E-state index in [0.29, 0.717) is 22.9 Å². The minimum absolute atomic E-state index is 0.0894. The van der Waals surface area contributed by atoms with Gasteiger partial charge in [0.15, 0.2) is 11.6 Å². The predicted molar refractivity (Wildman–Crippen MR) is 96.6 cm³/mol. The molecular weight excluding hydrogens is 360 g/mol. The molecule has 4 nitrogen and oxygen atoms in total. The summed E-state index contributed by atoms with van der Waals surface area (Å²) in [4.78, 5) is 12.5. The molecule has 1 aliphatic heterocycles.